The molecule has 2 nitrogen and oxygen atoms in total. The lowest BCUT2D eigenvalue weighted by atomic mass is 10.1. The number of rotatable bonds is 5. The molecule has 2 heteroatoms. The Morgan fingerprint density at radius 2 is 2.17 bits per heavy atom. The number of hydrogen-bond donors (Lipinski definition) is 0. The maximum absolute atomic E-state index is 5.78. The summed E-state index contributed by atoms with van der Waals surface area (Å²) in [5, 5.41) is 0. The SMILES string of the molecule is C=CCN1C(=CCc2ccccc2)OCC1CC. The van der Waals surface area contributed by atoms with Gasteiger partial charge in [-0.1, -0.05) is 43.3 Å². The van der Waals surface area contributed by atoms with Crippen LogP contribution in [0.4, 0.5) is 0 Å². The molecule has 0 spiro atoms. The number of allylic oxidation sites excluding steroid dienone is 1. The first-order chi connectivity index (χ1) is 8.85. The minimum Gasteiger partial charge on any atom is -0.477 e. The van der Waals surface area contributed by atoms with Crippen LogP contribution in [0.1, 0.15) is 18.9 Å². The van der Waals surface area contributed by atoms with E-state index in [-0.39, 0.29) is 0 Å². The van der Waals surface area contributed by atoms with Gasteiger partial charge in [-0.2, -0.15) is 0 Å². The first-order valence-electron chi connectivity index (χ1n) is 6.59. The number of hydrogen-bond acceptors (Lipinski definition) is 2. The van der Waals surface area contributed by atoms with Crippen LogP contribution in [0.2, 0.25) is 0 Å². The molecule has 0 saturated carbocycles. The Kier molecular flexibility index (Phi) is 4.46. The third kappa shape index (κ3) is 2.95. The van der Waals surface area contributed by atoms with Crippen LogP contribution < -0.4 is 0 Å². The average molecular weight is 243 g/mol. The summed E-state index contributed by atoms with van der Waals surface area (Å²) in [6, 6.07) is 11.0. The van der Waals surface area contributed by atoms with Gasteiger partial charge in [-0.15, -0.1) is 6.58 Å². The van der Waals surface area contributed by atoms with Gasteiger partial charge in [-0.3, -0.25) is 0 Å². The monoisotopic (exact) mass is 243 g/mol. The highest BCUT2D eigenvalue weighted by atomic mass is 16.5. The summed E-state index contributed by atoms with van der Waals surface area (Å²) in [6.07, 6.45) is 6.14. The van der Waals surface area contributed by atoms with Gasteiger partial charge in [0.1, 0.15) is 6.61 Å². The zero-order chi connectivity index (χ0) is 12.8. The van der Waals surface area contributed by atoms with E-state index in [0.29, 0.717) is 6.04 Å². The summed E-state index contributed by atoms with van der Waals surface area (Å²) >= 11 is 0. The molecule has 1 aliphatic heterocycles. The molecule has 1 atom stereocenters. The second-order valence-corrected chi connectivity index (χ2v) is 4.55. The smallest absolute Gasteiger partial charge is 0.186 e. The highest BCUT2D eigenvalue weighted by Gasteiger charge is 2.26. The van der Waals surface area contributed by atoms with E-state index in [9.17, 15) is 0 Å². The minimum atomic E-state index is 0.491. The molecule has 0 aliphatic carbocycles. The summed E-state index contributed by atoms with van der Waals surface area (Å²) in [5.41, 5.74) is 1.31. The van der Waals surface area contributed by atoms with Gasteiger partial charge in [0.05, 0.1) is 6.04 Å². The van der Waals surface area contributed by atoms with Crippen LogP contribution in [0.5, 0.6) is 0 Å². The van der Waals surface area contributed by atoms with Gasteiger partial charge in [-0.05, 0) is 24.5 Å². The highest BCUT2D eigenvalue weighted by Crippen LogP contribution is 2.22. The lowest BCUT2D eigenvalue weighted by Gasteiger charge is -2.21. The van der Waals surface area contributed by atoms with E-state index in [1.807, 2.05) is 12.1 Å². The predicted octanol–water partition coefficient (Wildman–Crippen LogP) is 3.37. The Balaban J connectivity index is 2.05. The van der Waals surface area contributed by atoms with Crippen LogP contribution in [-0.2, 0) is 11.2 Å². The fourth-order valence-corrected chi connectivity index (χ4v) is 2.25. The van der Waals surface area contributed by atoms with Crippen molar-refractivity contribution >= 4 is 0 Å². The van der Waals surface area contributed by atoms with E-state index in [1.165, 1.54) is 5.56 Å². The maximum atomic E-state index is 5.78. The molecule has 1 aliphatic rings. The van der Waals surface area contributed by atoms with Crippen molar-refractivity contribution in [1.82, 2.24) is 4.90 Å². The first-order valence-corrected chi connectivity index (χ1v) is 6.59. The maximum Gasteiger partial charge on any atom is 0.186 e. The van der Waals surface area contributed by atoms with Crippen LogP contribution >= 0.6 is 0 Å². The van der Waals surface area contributed by atoms with Crippen LogP contribution in [0.25, 0.3) is 0 Å². The standard InChI is InChI=1S/C16H21NO/c1-3-12-17-15(4-2)13-18-16(17)11-10-14-8-6-5-7-9-14/h3,5-9,11,15H,1,4,10,12-13H2,2H3. The summed E-state index contributed by atoms with van der Waals surface area (Å²) in [6.45, 7) is 7.68. The molecular formula is C16H21NO. The molecule has 18 heavy (non-hydrogen) atoms. The van der Waals surface area contributed by atoms with Gasteiger partial charge in [0.15, 0.2) is 5.88 Å². The predicted molar refractivity (Wildman–Crippen MR) is 75.2 cm³/mol. The van der Waals surface area contributed by atoms with Crippen molar-refractivity contribution in [2.24, 2.45) is 0 Å². The third-order valence-corrected chi connectivity index (χ3v) is 3.30. The second kappa shape index (κ2) is 6.29. The molecule has 1 saturated heterocycles. The first kappa shape index (κ1) is 12.7. The molecule has 0 radical (unpaired) electrons. The Hall–Kier alpha value is -1.70. The van der Waals surface area contributed by atoms with E-state index in [4.69, 9.17) is 4.74 Å². The zero-order valence-electron chi connectivity index (χ0n) is 11.0. The summed E-state index contributed by atoms with van der Waals surface area (Å²) in [5.74, 6) is 1.01. The van der Waals surface area contributed by atoms with Crippen LogP contribution in [0, 0.1) is 0 Å². The topological polar surface area (TPSA) is 12.5 Å². The molecule has 1 unspecified atom stereocenters. The Bertz CT molecular complexity index is 410. The quantitative estimate of drug-likeness (QED) is 0.735. The number of ether oxygens (including phenoxy) is 1. The van der Waals surface area contributed by atoms with Gasteiger partial charge in [0.2, 0.25) is 0 Å². The molecule has 1 heterocycles. The van der Waals surface area contributed by atoms with E-state index >= 15 is 0 Å². The lowest BCUT2D eigenvalue weighted by molar-refractivity contribution is 0.238. The van der Waals surface area contributed by atoms with Gasteiger partial charge >= 0.3 is 0 Å². The van der Waals surface area contributed by atoms with Gasteiger partial charge < -0.3 is 9.64 Å². The van der Waals surface area contributed by atoms with E-state index in [0.717, 1.165) is 31.9 Å². The Morgan fingerprint density at radius 3 is 2.83 bits per heavy atom. The fraction of sp³-hybridized carbons (Fsp3) is 0.375. The van der Waals surface area contributed by atoms with Crippen molar-refractivity contribution in [1.29, 1.82) is 0 Å². The molecule has 0 bridgehead atoms. The molecule has 2 rings (SSSR count). The fourth-order valence-electron chi connectivity index (χ4n) is 2.25. The second-order valence-electron chi connectivity index (χ2n) is 4.55. The molecule has 1 aromatic rings. The van der Waals surface area contributed by atoms with Crippen LogP contribution in [0.3, 0.4) is 0 Å². The van der Waals surface area contributed by atoms with Crippen molar-refractivity contribution in [3.63, 3.8) is 0 Å². The van der Waals surface area contributed by atoms with Crippen molar-refractivity contribution < 1.29 is 4.74 Å². The van der Waals surface area contributed by atoms with Gasteiger partial charge in [-0.25, -0.2) is 0 Å². The zero-order valence-corrected chi connectivity index (χ0v) is 11.0. The molecule has 1 aromatic carbocycles. The minimum absolute atomic E-state index is 0.491. The summed E-state index contributed by atoms with van der Waals surface area (Å²) < 4.78 is 5.78. The summed E-state index contributed by atoms with van der Waals surface area (Å²) in [4.78, 5) is 2.30. The summed E-state index contributed by atoms with van der Waals surface area (Å²) in [7, 11) is 0. The van der Waals surface area contributed by atoms with Gasteiger partial charge in [0.25, 0.3) is 0 Å². The number of benzene rings is 1. The van der Waals surface area contributed by atoms with E-state index in [2.05, 4.69) is 48.7 Å². The molecule has 0 amide bonds. The van der Waals surface area contributed by atoms with Crippen LogP contribution in [0.15, 0.2) is 54.9 Å². The third-order valence-electron chi connectivity index (χ3n) is 3.30. The Morgan fingerprint density at radius 1 is 1.39 bits per heavy atom. The van der Waals surface area contributed by atoms with Crippen molar-refractivity contribution in [2.45, 2.75) is 25.8 Å². The number of nitrogens with zero attached hydrogens (tertiary/aromatic N) is 1. The van der Waals surface area contributed by atoms with Gasteiger partial charge in [0, 0.05) is 6.54 Å². The lowest BCUT2D eigenvalue weighted by Crippen LogP contribution is -2.29. The van der Waals surface area contributed by atoms with Crippen molar-refractivity contribution in [2.75, 3.05) is 13.2 Å². The molecule has 96 valence electrons. The Labute approximate surface area is 110 Å². The molecule has 0 aromatic heterocycles. The van der Waals surface area contributed by atoms with E-state index < -0.39 is 0 Å². The average Bonchev–Trinajstić information content (AvgIpc) is 2.80. The van der Waals surface area contributed by atoms with Crippen LogP contribution in [-0.4, -0.2) is 24.1 Å². The molecule has 0 N–H and O–H groups in total. The molecule has 1 fully saturated rings. The largest absolute Gasteiger partial charge is 0.477 e. The normalized spacial score (nSPS) is 21.1. The molecular weight excluding hydrogens is 222 g/mol. The van der Waals surface area contributed by atoms with Crippen molar-refractivity contribution in [3.05, 3.63) is 60.5 Å². The highest BCUT2D eigenvalue weighted by molar-refractivity contribution is 5.18. The van der Waals surface area contributed by atoms with E-state index in [1.54, 1.807) is 0 Å². The van der Waals surface area contributed by atoms with Crippen molar-refractivity contribution in [3.8, 4) is 0 Å².